The monoisotopic (exact) mass is 529 g/mol. The van der Waals surface area contributed by atoms with Crippen LogP contribution in [0.5, 0.6) is 0 Å². The molecule has 10 nitrogen and oxygen atoms in total. The van der Waals surface area contributed by atoms with Crippen LogP contribution in [0, 0.1) is 17.3 Å². The maximum Gasteiger partial charge on any atom is 0.315 e. The first-order valence-electron chi connectivity index (χ1n) is 13.2. The minimum absolute atomic E-state index is 0.110. The summed E-state index contributed by atoms with van der Waals surface area (Å²) in [5, 5.41) is 5.59. The van der Waals surface area contributed by atoms with Crippen molar-refractivity contribution in [1.82, 2.24) is 20.5 Å². The van der Waals surface area contributed by atoms with Crippen LogP contribution in [0.2, 0.25) is 0 Å². The number of carbonyl (C=O) groups excluding carboxylic acids is 5. The molecule has 210 valence electrons. The quantitative estimate of drug-likeness (QED) is 0.354. The number of primary amides is 1. The Labute approximate surface area is 225 Å². The summed E-state index contributed by atoms with van der Waals surface area (Å²) in [6.45, 7) is 10.8. The molecule has 10 heteroatoms. The van der Waals surface area contributed by atoms with Gasteiger partial charge in [0.2, 0.25) is 11.7 Å². The molecule has 0 spiro atoms. The number of pyridine rings is 1. The molecule has 2 rings (SSSR count). The number of nitrogens with zero attached hydrogens (tertiary/aromatic N) is 2. The molecule has 0 saturated heterocycles. The molecule has 4 N–H and O–H groups in total. The molecular formula is C28H43N5O5. The van der Waals surface area contributed by atoms with Crippen molar-refractivity contribution in [2.24, 2.45) is 23.0 Å². The fourth-order valence-electron chi connectivity index (χ4n) is 4.43. The Hall–Kier alpha value is -3.30. The van der Waals surface area contributed by atoms with Gasteiger partial charge in [-0.2, -0.15) is 0 Å². The van der Waals surface area contributed by atoms with E-state index in [0.717, 1.165) is 24.8 Å². The Bertz CT molecular complexity index is 1010. The number of hydrogen-bond acceptors (Lipinski definition) is 6. The van der Waals surface area contributed by atoms with E-state index in [0.29, 0.717) is 12.3 Å². The summed E-state index contributed by atoms with van der Waals surface area (Å²) in [5.74, 6) is -3.07. The van der Waals surface area contributed by atoms with Crippen LogP contribution >= 0.6 is 0 Å². The highest BCUT2D eigenvalue weighted by molar-refractivity contribution is 6.36. The lowest BCUT2D eigenvalue weighted by Gasteiger charge is -2.36. The first kappa shape index (κ1) is 30.9. The molecule has 1 heterocycles. The first-order valence-corrected chi connectivity index (χ1v) is 13.2. The van der Waals surface area contributed by atoms with Crippen LogP contribution in [-0.2, 0) is 25.7 Å². The van der Waals surface area contributed by atoms with Crippen molar-refractivity contribution in [1.29, 1.82) is 0 Å². The molecule has 1 aromatic rings. The summed E-state index contributed by atoms with van der Waals surface area (Å²) >= 11 is 0. The van der Waals surface area contributed by atoms with Gasteiger partial charge in [-0.05, 0) is 56.2 Å². The van der Waals surface area contributed by atoms with Gasteiger partial charge in [0.05, 0.1) is 6.54 Å². The van der Waals surface area contributed by atoms with Gasteiger partial charge < -0.3 is 21.3 Å². The van der Waals surface area contributed by atoms with Crippen LogP contribution in [0.3, 0.4) is 0 Å². The van der Waals surface area contributed by atoms with Crippen LogP contribution in [0.1, 0.15) is 79.2 Å². The Morgan fingerprint density at radius 1 is 1.05 bits per heavy atom. The van der Waals surface area contributed by atoms with Crippen LogP contribution in [0.25, 0.3) is 0 Å². The number of Topliss-reactive ketones (excluding diaryl/α,β-unsaturated/α-hetero) is 2. The van der Waals surface area contributed by atoms with Gasteiger partial charge >= 0.3 is 6.03 Å². The summed E-state index contributed by atoms with van der Waals surface area (Å²) < 4.78 is 0. The fourth-order valence-corrected chi connectivity index (χ4v) is 4.43. The zero-order valence-electron chi connectivity index (χ0n) is 23.5. The van der Waals surface area contributed by atoms with Gasteiger partial charge in [-0.25, -0.2) is 4.79 Å². The van der Waals surface area contributed by atoms with Crippen LogP contribution in [0.4, 0.5) is 4.79 Å². The van der Waals surface area contributed by atoms with E-state index < -0.39 is 46.5 Å². The molecule has 0 aliphatic heterocycles. The highest BCUT2D eigenvalue weighted by atomic mass is 16.2. The van der Waals surface area contributed by atoms with Crippen molar-refractivity contribution in [3.63, 3.8) is 0 Å². The second kappa shape index (κ2) is 13.0. The van der Waals surface area contributed by atoms with Crippen LogP contribution in [-0.4, -0.2) is 57.4 Å². The third-order valence-corrected chi connectivity index (χ3v) is 6.61. The van der Waals surface area contributed by atoms with E-state index in [1.54, 1.807) is 24.5 Å². The standard InChI is InChI=1S/C28H43N5O5/c1-27(2,3)23(31-26(38)32-28(4,5)6)25(37)33(16-19-10-12-30-13-11-19)17-21(34)15-20(22(35)24(29)36)14-18-8-7-9-18/h10-13,18,20,23H,7-9,14-17H2,1-6H3,(H2,29,36)(H2,31,32,38)/t20?,23-/m1/s1. The lowest BCUT2D eigenvalue weighted by atomic mass is 9.76. The maximum absolute atomic E-state index is 13.9. The molecule has 0 aromatic carbocycles. The second-order valence-corrected chi connectivity index (χ2v) is 12.4. The van der Waals surface area contributed by atoms with E-state index in [1.807, 2.05) is 41.5 Å². The van der Waals surface area contributed by atoms with Crippen molar-refractivity contribution >= 4 is 29.4 Å². The lowest BCUT2D eigenvalue weighted by Crippen LogP contribution is -2.59. The number of aromatic nitrogens is 1. The zero-order valence-corrected chi connectivity index (χ0v) is 23.5. The minimum atomic E-state index is -1.05. The molecule has 1 fully saturated rings. The predicted octanol–water partition coefficient (Wildman–Crippen LogP) is 2.74. The third kappa shape index (κ3) is 9.87. The molecule has 2 atom stereocenters. The maximum atomic E-state index is 13.9. The average molecular weight is 530 g/mol. The molecule has 1 saturated carbocycles. The van der Waals surface area contributed by atoms with Gasteiger partial charge in [-0.3, -0.25) is 24.2 Å². The van der Waals surface area contributed by atoms with Crippen LogP contribution in [0.15, 0.2) is 24.5 Å². The smallest absolute Gasteiger partial charge is 0.315 e. The second-order valence-electron chi connectivity index (χ2n) is 12.4. The Kier molecular flexibility index (Phi) is 10.6. The SMILES string of the molecule is CC(C)(C)NC(=O)N[C@H](C(=O)N(CC(=O)CC(CC1CCC1)C(=O)C(N)=O)Cc1ccncc1)C(C)(C)C. The molecule has 4 amide bonds. The zero-order chi connectivity index (χ0) is 28.7. The average Bonchev–Trinajstić information content (AvgIpc) is 2.76. The molecule has 1 unspecified atom stereocenters. The number of rotatable bonds is 12. The van der Waals surface area contributed by atoms with Gasteiger partial charge in [0.25, 0.3) is 5.91 Å². The fraction of sp³-hybridized carbons (Fsp3) is 0.643. The molecule has 1 aromatic heterocycles. The molecular weight excluding hydrogens is 486 g/mol. The number of carbonyl (C=O) groups is 5. The highest BCUT2D eigenvalue weighted by Crippen LogP contribution is 2.33. The van der Waals surface area contributed by atoms with Gasteiger partial charge in [-0.15, -0.1) is 0 Å². The number of hydrogen-bond donors (Lipinski definition) is 3. The number of nitrogens with two attached hydrogens (primary N) is 1. The van der Waals surface area contributed by atoms with Crippen molar-refractivity contribution in [2.45, 2.75) is 91.8 Å². The van der Waals surface area contributed by atoms with E-state index >= 15 is 0 Å². The van der Waals surface area contributed by atoms with Gasteiger partial charge in [0, 0.05) is 36.8 Å². The summed E-state index contributed by atoms with van der Waals surface area (Å²) in [7, 11) is 0. The first-order chi connectivity index (χ1) is 17.6. The topological polar surface area (TPSA) is 152 Å². The molecule has 0 bridgehead atoms. The molecule has 1 aliphatic rings. The van der Waals surface area contributed by atoms with E-state index in [1.165, 1.54) is 4.90 Å². The predicted molar refractivity (Wildman–Crippen MR) is 144 cm³/mol. The largest absolute Gasteiger partial charge is 0.363 e. The van der Waals surface area contributed by atoms with E-state index in [2.05, 4.69) is 15.6 Å². The molecule has 0 radical (unpaired) electrons. The third-order valence-electron chi connectivity index (χ3n) is 6.61. The molecule has 38 heavy (non-hydrogen) atoms. The minimum Gasteiger partial charge on any atom is -0.363 e. The normalized spacial score (nSPS) is 15.5. The summed E-state index contributed by atoms with van der Waals surface area (Å²) in [5.41, 5.74) is 4.84. The summed E-state index contributed by atoms with van der Waals surface area (Å²) in [6, 6.07) is 2.06. The Morgan fingerprint density at radius 2 is 1.66 bits per heavy atom. The van der Waals surface area contributed by atoms with Crippen molar-refractivity contribution in [2.75, 3.05) is 6.54 Å². The van der Waals surface area contributed by atoms with Gasteiger partial charge in [0.15, 0.2) is 5.78 Å². The Morgan fingerprint density at radius 3 is 2.13 bits per heavy atom. The number of ketones is 2. The van der Waals surface area contributed by atoms with Crippen molar-refractivity contribution < 1.29 is 24.0 Å². The van der Waals surface area contributed by atoms with E-state index in [4.69, 9.17) is 5.73 Å². The van der Waals surface area contributed by atoms with E-state index in [-0.39, 0.29) is 25.3 Å². The number of urea groups is 1. The van der Waals surface area contributed by atoms with Crippen molar-refractivity contribution in [3.8, 4) is 0 Å². The summed E-state index contributed by atoms with van der Waals surface area (Å²) in [4.78, 5) is 69.3. The number of amides is 4. The highest BCUT2D eigenvalue weighted by Gasteiger charge is 2.38. The number of nitrogens with one attached hydrogen (secondary N) is 2. The lowest BCUT2D eigenvalue weighted by molar-refractivity contribution is -0.142. The van der Waals surface area contributed by atoms with Crippen molar-refractivity contribution in [3.05, 3.63) is 30.1 Å². The Balaban J connectivity index is 2.28. The van der Waals surface area contributed by atoms with E-state index in [9.17, 15) is 24.0 Å². The molecule has 1 aliphatic carbocycles. The summed E-state index contributed by atoms with van der Waals surface area (Å²) in [6.07, 6.45) is 6.43. The van der Waals surface area contributed by atoms with Gasteiger partial charge in [0.1, 0.15) is 6.04 Å². The van der Waals surface area contributed by atoms with Crippen LogP contribution < -0.4 is 16.4 Å². The van der Waals surface area contributed by atoms with Gasteiger partial charge in [-0.1, -0.05) is 40.0 Å².